The summed E-state index contributed by atoms with van der Waals surface area (Å²) in [4.78, 5) is 41.2. The number of piperidine rings is 1. The van der Waals surface area contributed by atoms with Crippen molar-refractivity contribution in [2.45, 2.75) is 31.7 Å². The summed E-state index contributed by atoms with van der Waals surface area (Å²) >= 11 is 0. The first-order valence-electron chi connectivity index (χ1n) is 9.38. The standard InChI is InChI=1S/C21H22N2O6/c24-12-16-18(25)7-3-8-19(16)29-13-14-5-1-2-10-23(14)21(28)15-6-4-9-22-17(15)11-20(26)27/h3-4,6-9,12,14,25H,1-2,5,10-11,13H2,(H,26,27)/t14-/m0/s1. The lowest BCUT2D eigenvalue weighted by atomic mass is 10.0. The average Bonchev–Trinajstić information content (AvgIpc) is 2.72. The monoisotopic (exact) mass is 398 g/mol. The number of benzene rings is 1. The minimum Gasteiger partial charge on any atom is -0.507 e. The molecular weight excluding hydrogens is 376 g/mol. The average molecular weight is 398 g/mol. The lowest BCUT2D eigenvalue weighted by Crippen LogP contribution is -2.47. The second kappa shape index (κ2) is 9.18. The largest absolute Gasteiger partial charge is 0.507 e. The predicted octanol–water partition coefficient (Wildman–Crippen LogP) is 2.30. The van der Waals surface area contributed by atoms with Crippen molar-refractivity contribution >= 4 is 18.2 Å². The Morgan fingerprint density at radius 1 is 1.24 bits per heavy atom. The molecule has 1 aromatic heterocycles. The Morgan fingerprint density at radius 3 is 2.83 bits per heavy atom. The SMILES string of the molecule is O=Cc1c(O)cccc1OC[C@@H]1CCCCN1C(=O)c1cccnc1CC(=O)O. The van der Waals surface area contributed by atoms with Gasteiger partial charge in [0.1, 0.15) is 18.1 Å². The zero-order valence-electron chi connectivity index (χ0n) is 15.8. The Labute approximate surface area is 167 Å². The van der Waals surface area contributed by atoms with Crippen LogP contribution in [0.15, 0.2) is 36.5 Å². The summed E-state index contributed by atoms with van der Waals surface area (Å²) < 4.78 is 5.76. The van der Waals surface area contributed by atoms with Gasteiger partial charge in [0.15, 0.2) is 6.29 Å². The third kappa shape index (κ3) is 4.71. The van der Waals surface area contributed by atoms with Crippen molar-refractivity contribution in [3.05, 3.63) is 53.3 Å². The predicted molar refractivity (Wildman–Crippen MR) is 103 cm³/mol. The van der Waals surface area contributed by atoms with E-state index < -0.39 is 5.97 Å². The van der Waals surface area contributed by atoms with Crippen LogP contribution in [0.5, 0.6) is 11.5 Å². The van der Waals surface area contributed by atoms with E-state index in [2.05, 4.69) is 4.98 Å². The third-order valence-corrected chi connectivity index (χ3v) is 4.92. The molecule has 0 bridgehead atoms. The first-order valence-corrected chi connectivity index (χ1v) is 9.38. The van der Waals surface area contributed by atoms with Crippen molar-refractivity contribution in [1.29, 1.82) is 0 Å². The topological polar surface area (TPSA) is 117 Å². The molecule has 0 aliphatic carbocycles. The molecule has 8 nitrogen and oxygen atoms in total. The van der Waals surface area contributed by atoms with Crippen molar-refractivity contribution in [2.24, 2.45) is 0 Å². The number of rotatable bonds is 7. The molecular formula is C21H22N2O6. The third-order valence-electron chi connectivity index (χ3n) is 4.92. The summed E-state index contributed by atoms with van der Waals surface area (Å²) in [5.74, 6) is -1.25. The molecule has 1 fully saturated rings. The molecule has 2 heterocycles. The lowest BCUT2D eigenvalue weighted by Gasteiger charge is -2.36. The minimum atomic E-state index is -1.05. The Balaban J connectivity index is 1.78. The maximum atomic E-state index is 13.1. The van der Waals surface area contributed by atoms with Gasteiger partial charge in [0.25, 0.3) is 5.91 Å². The van der Waals surface area contributed by atoms with Crippen LogP contribution in [0.3, 0.4) is 0 Å². The number of hydrogen-bond donors (Lipinski definition) is 2. The zero-order valence-corrected chi connectivity index (χ0v) is 15.8. The van der Waals surface area contributed by atoms with E-state index in [1.807, 2.05) is 0 Å². The van der Waals surface area contributed by atoms with E-state index >= 15 is 0 Å². The van der Waals surface area contributed by atoms with Crippen LogP contribution >= 0.6 is 0 Å². The van der Waals surface area contributed by atoms with Crippen molar-refractivity contribution in [1.82, 2.24) is 9.88 Å². The molecule has 1 amide bonds. The molecule has 2 N–H and O–H groups in total. The van der Waals surface area contributed by atoms with Crippen molar-refractivity contribution in [3.8, 4) is 11.5 Å². The number of amides is 1. The van der Waals surface area contributed by atoms with E-state index in [0.29, 0.717) is 12.8 Å². The van der Waals surface area contributed by atoms with Crippen molar-refractivity contribution < 1.29 is 29.3 Å². The van der Waals surface area contributed by atoms with Crippen LogP contribution in [0.25, 0.3) is 0 Å². The number of aromatic hydroxyl groups is 1. The molecule has 0 radical (unpaired) electrons. The summed E-state index contributed by atoms with van der Waals surface area (Å²) in [6.45, 7) is 0.680. The summed E-state index contributed by atoms with van der Waals surface area (Å²) in [5, 5.41) is 18.9. The fourth-order valence-corrected chi connectivity index (χ4v) is 3.48. The number of carboxylic acids is 1. The van der Waals surface area contributed by atoms with Gasteiger partial charge in [0.2, 0.25) is 0 Å². The molecule has 8 heteroatoms. The highest BCUT2D eigenvalue weighted by molar-refractivity contribution is 5.96. The van der Waals surface area contributed by atoms with Crippen LogP contribution in [0.4, 0.5) is 0 Å². The molecule has 1 aromatic carbocycles. The number of phenols is 1. The first-order chi connectivity index (χ1) is 14.0. The number of phenolic OH excluding ortho intramolecular Hbond substituents is 1. The summed E-state index contributed by atoms with van der Waals surface area (Å²) in [6.07, 6.45) is 4.14. The molecule has 1 aliphatic heterocycles. The van der Waals surface area contributed by atoms with E-state index in [9.17, 15) is 19.5 Å². The van der Waals surface area contributed by atoms with Gasteiger partial charge in [-0.15, -0.1) is 0 Å². The second-order valence-corrected chi connectivity index (χ2v) is 6.83. The van der Waals surface area contributed by atoms with Crippen LogP contribution in [-0.2, 0) is 11.2 Å². The Morgan fingerprint density at radius 2 is 2.07 bits per heavy atom. The number of hydrogen-bond acceptors (Lipinski definition) is 6. The molecule has 3 rings (SSSR count). The van der Waals surface area contributed by atoms with E-state index in [4.69, 9.17) is 9.84 Å². The van der Waals surface area contributed by atoms with Crippen LogP contribution in [0, 0.1) is 0 Å². The molecule has 1 aliphatic rings. The number of aromatic nitrogens is 1. The van der Waals surface area contributed by atoms with Crippen LogP contribution in [0.1, 0.15) is 45.7 Å². The normalized spacial score (nSPS) is 16.3. The number of aldehydes is 1. The zero-order chi connectivity index (χ0) is 20.8. The summed E-state index contributed by atoms with van der Waals surface area (Å²) in [7, 11) is 0. The maximum absolute atomic E-state index is 13.1. The van der Waals surface area contributed by atoms with Crippen LogP contribution in [-0.4, -0.2) is 57.5 Å². The van der Waals surface area contributed by atoms with Gasteiger partial charge in [0.05, 0.1) is 29.3 Å². The number of nitrogens with zero attached hydrogens (tertiary/aromatic N) is 2. The number of carbonyl (C=O) groups excluding carboxylic acids is 2. The molecule has 0 saturated carbocycles. The van der Waals surface area contributed by atoms with Gasteiger partial charge in [-0.1, -0.05) is 6.07 Å². The second-order valence-electron chi connectivity index (χ2n) is 6.83. The summed E-state index contributed by atoms with van der Waals surface area (Å²) in [5.41, 5.74) is 0.566. The van der Waals surface area contributed by atoms with Gasteiger partial charge in [-0.05, 0) is 43.5 Å². The quantitative estimate of drug-likeness (QED) is 0.687. The van der Waals surface area contributed by atoms with Gasteiger partial charge in [-0.25, -0.2) is 0 Å². The minimum absolute atomic E-state index is 0.0668. The highest BCUT2D eigenvalue weighted by Crippen LogP contribution is 2.27. The number of pyridine rings is 1. The number of carbonyl (C=O) groups is 3. The fourth-order valence-electron chi connectivity index (χ4n) is 3.48. The Hall–Kier alpha value is -3.42. The van der Waals surface area contributed by atoms with Gasteiger partial charge in [-0.2, -0.15) is 0 Å². The van der Waals surface area contributed by atoms with Crippen LogP contribution in [0.2, 0.25) is 0 Å². The van der Waals surface area contributed by atoms with E-state index in [-0.39, 0.29) is 53.3 Å². The number of aliphatic carboxylic acids is 1. The van der Waals surface area contributed by atoms with E-state index in [1.54, 1.807) is 29.2 Å². The van der Waals surface area contributed by atoms with Crippen molar-refractivity contribution in [2.75, 3.05) is 13.2 Å². The molecule has 2 aromatic rings. The lowest BCUT2D eigenvalue weighted by molar-refractivity contribution is -0.136. The van der Waals surface area contributed by atoms with Crippen molar-refractivity contribution in [3.63, 3.8) is 0 Å². The van der Waals surface area contributed by atoms with Gasteiger partial charge >= 0.3 is 5.97 Å². The molecule has 152 valence electrons. The molecule has 0 unspecified atom stereocenters. The molecule has 1 saturated heterocycles. The Kier molecular flexibility index (Phi) is 6.43. The van der Waals surface area contributed by atoms with E-state index in [1.165, 1.54) is 12.3 Å². The Bertz CT molecular complexity index is 914. The highest BCUT2D eigenvalue weighted by Gasteiger charge is 2.30. The number of likely N-dealkylation sites (tertiary alicyclic amines) is 1. The smallest absolute Gasteiger partial charge is 0.309 e. The van der Waals surface area contributed by atoms with Crippen LogP contribution < -0.4 is 4.74 Å². The maximum Gasteiger partial charge on any atom is 0.309 e. The first kappa shape index (κ1) is 20.3. The molecule has 1 atom stereocenters. The van der Waals surface area contributed by atoms with Gasteiger partial charge < -0.3 is 19.8 Å². The number of ether oxygens (including phenoxy) is 1. The highest BCUT2D eigenvalue weighted by atomic mass is 16.5. The van der Waals surface area contributed by atoms with Gasteiger partial charge in [-0.3, -0.25) is 19.4 Å². The molecule has 0 spiro atoms. The van der Waals surface area contributed by atoms with Gasteiger partial charge in [0, 0.05) is 12.7 Å². The number of carboxylic acid groups (broad SMARTS) is 1. The fraction of sp³-hybridized carbons (Fsp3) is 0.333. The van der Waals surface area contributed by atoms with E-state index in [0.717, 1.165) is 19.3 Å². The molecule has 29 heavy (non-hydrogen) atoms. The summed E-state index contributed by atoms with van der Waals surface area (Å²) in [6, 6.07) is 7.52.